The summed E-state index contributed by atoms with van der Waals surface area (Å²) in [5.74, 6) is -0.150. The highest BCUT2D eigenvalue weighted by atomic mass is 16.1. The third-order valence-electron chi connectivity index (χ3n) is 3.68. The predicted octanol–water partition coefficient (Wildman–Crippen LogP) is 3.81. The van der Waals surface area contributed by atoms with Gasteiger partial charge in [0, 0.05) is 23.5 Å². The first kappa shape index (κ1) is 14.2. The van der Waals surface area contributed by atoms with E-state index in [4.69, 9.17) is 0 Å². The van der Waals surface area contributed by atoms with Gasteiger partial charge in [-0.2, -0.15) is 0 Å². The van der Waals surface area contributed by atoms with Gasteiger partial charge in [-0.15, -0.1) is 0 Å². The zero-order valence-corrected chi connectivity index (χ0v) is 12.8. The van der Waals surface area contributed by atoms with Crippen LogP contribution in [0.2, 0.25) is 0 Å². The Morgan fingerprint density at radius 2 is 1.91 bits per heavy atom. The van der Waals surface area contributed by atoms with E-state index in [0.717, 1.165) is 22.2 Å². The largest absolute Gasteiger partial charge is 0.322 e. The van der Waals surface area contributed by atoms with Crippen molar-refractivity contribution in [3.63, 3.8) is 0 Å². The SMILES string of the molecule is Cc1ccc(NC(=O)c2cc3cnccc3nc2C)c(C)c1. The first-order chi connectivity index (χ1) is 10.5. The predicted molar refractivity (Wildman–Crippen MR) is 88.1 cm³/mol. The van der Waals surface area contributed by atoms with Crippen LogP contribution in [-0.4, -0.2) is 15.9 Å². The molecule has 0 saturated heterocycles. The first-order valence-electron chi connectivity index (χ1n) is 7.14. The number of carbonyl (C=O) groups is 1. The van der Waals surface area contributed by atoms with Crippen LogP contribution >= 0.6 is 0 Å². The van der Waals surface area contributed by atoms with Crippen molar-refractivity contribution in [2.45, 2.75) is 20.8 Å². The molecule has 0 spiro atoms. The zero-order valence-electron chi connectivity index (χ0n) is 12.8. The number of amides is 1. The van der Waals surface area contributed by atoms with E-state index < -0.39 is 0 Å². The molecule has 0 radical (unpaired) electrons. The third kappa shape index (κ3) is 2.68. The number of hydrogen-bond acceptors (Lipinski definition) is 3. The molecule has 0 fully saturated rings. The minimum atomic E-state index is -0.150. The van der Waals surface area contributed by atoms with E-state index in [1.807, 2.05) is 51.1 Å². The standard InChI is InChI=1S/C18H17N3O/c1-11-4-5-16(12(2)8-11)21-18(22)15-9-14-10-19-7-6-17(14)20-13(15)3/h4-10H,1-3H3,(H,21,22). The maximum atomic E-state index is 12.5. The highest BCUT2D eigenvalue weighted by molar-refractivity contribution is 6.07. The lowest BCUT2D eigenvalue weighted by Crippen LogP contribution is -2.15. The molecule has 110 valence electrons. The summed E-state index contributed by atoms with van der Waals surface area (Å²) in [5.41, 5.74) is 5.16. The smallest absolute Gasteiger partial charge is 0.257 e. The van der Waals surface area contributed by atoms with E-state index in [2.05, 4.69) is 15.3 Å². The van der Waals surface area contributed by atoms with Crippen LogP contribution in [0.1, 0.15) is 27.2 Å². The fraction of sp³-hybridized carbons (Fsp3) is 0.167. The van der Waals surface area contributed by atoms with Gasteiger partial charge in [0.25, 0.3) is 5.91 Å². The Morgan fingerprint density at radius 3 is 2.68 bits per heavy atom. The van der Waals surface area contributed by atoms with Crippen molar-refractivity contribution in [2.24, 2.45) is 0 Å². The van der Waals surface area contributed by atoms with Crippen LogP contribution < -0.4 is 5.32 Å². The average Bonchev–Trinajstić information content (AvgIpc) is 2.49. The number of hydrogen-bond donors (Lipinski definition) is 1. The lowest BCUT2D eigenvalue weighted by atomic mass is 10.1. The molecule has 1 aromatic carbocycles. The van der Waals surface area contributed by atoms with Gasteiger partial charge in [0.2, 0.25) is 0 Å². The number of benzene rings is 1. The molecule has 0 bridgehead atoms. The van der Waals surface area contributed by atoms with Crippen LogP contribution in [0.25, 0.3) is 10.9 Å². The van der Waals surface area contributed by atoms with Crippen LogP contribution in [0.4, 0.5) is 5.69 Å². The molecule has 0 aliphatic heterocycles. The summed E-state index contributed by atoms with van der Waals surface area (Å²) in [6.45, 7) is 5.86. The van der Waals surface area contributed by atoms with E-state index in [9.17, 15) is 4.79 Å². The fourth-order valence-corrected chi connectivity index (χ4v) is 2.49. The zero-order chi connectivity index (χ0) is 15.7. The number of aryl methyl sites for hydroxylation is 3. The Bertz CT molecular complexity index is 871. The van der Waals surface area contributed by atoms with Gasteiger partial charge in [0.1, 0.15) is 0 Å². The van der Waals surface area contributed by atoms with Gasteiger partial charge in [0.15, 0.2) is 0 Å². The quantitative estimate of drug-likeness (QED) is 0.781. The summed E-state index contributed by atoms with van der Waals surface area (Å²) >= 11 is 0. The molecule has 4 heteroatoms. The first-order valence-corrected chi connectivity index (χ1v) is 7.14. The molecule has 4 nitrogen and oxygen atoms in total. The van der Waals surface area contributed by atoms with Gasteiger partial charge in [0.05, 0.1) is 16.8 Å². The summed E-state index contributed by atoms with van der Waals surface area (Å²) in [6.07, 6.45) is 3.42. The molecule has 22 heavy (non-hydrogen) atoms. The number of nitrogens with one attached hydrogen (secondary N) is 1. The molecular formula is C18H17N3O. The Kier molecular flexibility index (Phi) is 3.59. The van der Waals surface area contributed by atoms with Gasteiger partial charge in [-0.25, -0.2) is 0 Å². The molecule has 2 aromatic heterocycles. The Hall–Kier alpha value is -2.75. The number of pyridine rings is 2. The van der Waals surface area contributed by atoms with Crippen molar-refractivity contribution >= 4 is 22.5 Å². The maximum Gasteiger partial charge on any atom is 0.257 e. The van der Waals surface area contributed by atoms with Crippen molar-refractivity contribution in [2.75, 3.05) is 5.32 Å². The van der Waals surface area contributed by atoms with Crippen LogP contribution in [-0.2, 0) is 0 Å². The summed E-state index contributed by atoms with van der Waals surface area (Å²) in [6, 6.07) is 9.63. The molecule has 0 unspecified atom stereocenters. The topological polar surface area (TPSA) is 54.9 Å². The lowest BCUT2D eigenvalue weighted by molar-refractivity contribution is 0.102. The van der Waals surface area contributed by atoms with Gasteiger partial charge in [-0.05, 0) is 44.5 Å². The maximum absolute atomic E-state index is 12.5. The Balaban J connectivity index is 1.96. The van der Waals surface area contributed by atoms with Gasteiger partial charge in [-0.1, -0.05) is 17.7 Å². The van der Waals surface area contributed by atoms with E-state index >= 15 is 0 Å². The number of nitrogens with zero attached hydrogens (tertiary/aromatic N) is 2. The molecule has 3 aromatic rings. The van der Waals surface area contributed by atoms with Gasteiger partial charge in [-0.3, -0.25) is 14.8 Å². The fourth-order valence-electron chi connectivity index (χ4n) is 2.49. The number of anilines is 1. The molecule has 0 aliphatic carbocycles. The van der Waals surface area contributed by atoms with Crippen molar-refractivity contribution in [1.82, 2.24) is 9.97 Å². The second kappa shape index (κ2) is 5.56. The van der Waals surface area contributed by atoms with Crippen molar-refractivity contribution in [3.05, 3.63) is 65.1 Å². The minimum Gasteiger partial charge on any atom is -0.322 e. The normalized spacial score (nSPS) is 10.7. The van der Waals surface area contributed by atoms with Crippen LogP contribution in [0, 0.1) is 20.8 Å². The summed E-state index contributed by atoms with van der Waals surface area (Å²) < 4.78 is 0. The number of rotatable bonds is 2. The molecule has 0 aliphatic rings. The monoisotopic (exact) mass is 291 g/mol. The van der Waals surface area contributed by atoms with E-state index in [-0.39, 0.29) is 5.91 Å². The van der Waals surface area contributed by atoms with E-state index in [1.165, 1.54) is 5.56 Å². The molecule has 1 N–H and O–H groups in total. The minimum absolute atomic E-state index is 0.150. The second-order valence-corrected chi connectivity index (χ2v) is 5.46. The summed E-state index contributed by atoms with van der Waals surface area (Å²) in [5, 5.41) is 3.82. The van der Waals surface area contributed by atoms with Crippen LogP contribution in [0.15, 0.2) is 42.7 Å². The number of carbonyl (C=O) groups excluding carboxylic acids is 1. The van der Waals surface area contributed by atoms with Crippen molar-refractivity contribution in [3.8, 4) is 0 Å². The number of aromatic nitrogens is 2. The van der Waals surface area contributed by atoms with Gasteiger partial charge >= 0.3 is 0 Å². The molecule has 3 rings (SSSR count). The average molecular weight is 291 g/mol. The molecule has 0 atom stereocenters. The second-order valence-electron chi connectivity index (χ2n) is 5.46. The van der Waals surface area contributed by atoms with Crippen molar-refractivity contribution < 1.29 is 4.79 Å². The van der Waals surface area contributed by atoms with Crippen LogP contribution in [0.3, 0.4) is 0 Å². The van der Waals surface area contributed by atoms with Gasteiger partial charge < -0.3 is 5.32 Å². The van der Waals surface area contributed by atoms with E-state index in [0.29, 0.717) is 11.3 Å². The highest BCUT2D eigenvalue weighted by Crippen LogP contribution is 2.20. The molecule has 0 saturated carbocycles. The van der Waals surface area contributed by atoms with E-state index in [1.54, 1.807) is 12.4 Å². The number of fused-ring (bicyclic) bond motifs is 1. The van der Waals surface area contributed by atoms with Crippen LogP contribution in [0.5, 0.6) is 0 Å². The Labute approximate surface area is 129 Å². The highest BCUT2D eigenvalue weighted by Gasteiger charge is 2.13. The summed E-state index contributed by atoms with van der Waals surface area (Å²) in [4.78, 5) is 21.1. The Morgan fingerprint density at radius 1 is 1.09 bits per heavy atom. The molecule has 2 heterocycles. The third-order valence-corrected chi connectivity index (χ3v) is 3.68. The molecule has 1 amide bonds. The van der Waals surface area contributed by atoms with Crippen molar-refractivity contribution in [1.29, 1.82) is 0 Å². The lowest BCUT2D eigenvalue weighted by Gasteiger charge is -2.11. The molecular weight excluding hydrogens is 274 g/mol. The summed E-state index contributed by atoms with van der Waals surface area (Å²) in [7, 11) is 0.